The van der Waals surface area contributed by atoms with Gasteiger partial charge in [0.05, 0.1) is 12.6 Å². The summed E-state index contributed by atoms with van der Waals surface area (Å²) in [5, 5.41) is 4.15. The average molecular weight is 308 g/mol. The molecule has 0 radical (unpaired) electrons. The Morgan fingerprint density at radius 1 is 1.36 bits per heavy atom. The van der Waals surface area contributed by atoms with Crippen molar-refractivity contribution in [3.8, 4) is 0 Å². The third-order valence-corrected chi connectivity index (χ3v) is 5.00. The first kappa shape index (κ1) is 15.9. The Kier molecular flexibility index (Phi) is 5.10. The van der Waals surface area contributed by atoms with Crippen molar-refractivity contribution in [1.29, 1.82) is 0 Å². The quantitative estimate of drug-likeness (QED) is 0.768. The van der Waals surface area contributed by atoms with Crippen LogP contribution in [0.15, 0.2) is 4.52 Å². The van der Waals surface area contributed by atoms with Gasteiger partial charge in [-0.15, -0.1) is 0 Å². The first-order valence-corrected chi connectivity index (χ1v) is 8.53. The van der Waals surface area contributed by atoms with Gasteiger partial charge in [-0.25, -0.2) is 0 Å². The number of hydrogen-bond donors (Lipinski definition) is 0. The molecule has 1 aliphatic heterocycles. The number of hydrogen-bond acceptors (Lipinski definition) is 6. The van der Waals surface area contributed by atoms with E-state index in [0.717, 1.165) is 50.9 Å². The molecule has 22 heavy (non-hydrogen) atoms. The second-order valence-corrected chi connectivity index (χ2v) is 6.53. The van der Waals surface area contributed by atoms with Crippen molar-refractivity contribution in [3.63, 3.8) is 0 Å². The summed E-state index contributed by atoms with van der Waals surface area (Å²) in [7, 11) is 1.77. The van der Waals surface area contributed by atoms with Gasteiger partial charge >= 0.3 is 0 Å². The first-order valence-electron chi connectivity index (χ1n) is 8.53. The van der Waals surface area contributed by atoms with Crippen LogP contribution in [-0.4, -0.2) is 65.9 Å². The maximum absolute atomic E-state index is 5.51. The molecule has 124 valence electrons. The highest BCUT2D eigenvalue weighted by atomic mass is 16.5. The molecule has 1 saturated carbocycles. The minimum Gasteiger partial charge on any atom is -0.383 e. The molecule has 2 heterocycles. The van der Waals surface area contributed by atoms with E-state index in [2.05, 4.69) is 33.8 Å². The Hall–Kier alpha value is -0.980. The lowest BCUT2D eigenvalue weighted by atomic mass is 10.1. The van der Waals surface area contributed by atoms with Crippen LogP contribution in [-0.2, 0) is 4.74 Å². The van der Waals surface area contributed by atoms with Crippen LogP contribution < -0.4 is 0 Å². The highest BCUT2D eigenvalue weighted by molar-refractivity contribution is 5.05. The molecule has 1 aromatic heterocycles. The standard InChI is InChI=1S/C16H28N4O2/c1-4-14-11-20(8-7-19(14)9-10-21-3)12(2)16-17-15(18-22-16)13-5-6-13/h12-14H,4-11H2,1-3H3/t12-,14+/m1/s1. The summed E-state index contributed by atoms with van der Waals surface area (Å²) in [5.74, 6) is 2.24. The van der Waals surface area contributed by atoms with E-state index in [1.54, 1.807) is 7.11 Å². The zero-order chi connectivity index (χ0) is 15.5. The highest BCUT2D eigenvalue weighted by Crippen LogP contribution is 2.38. The van der Waals surface area contributed by atoms with Gasteiger partial charge in [0.1, 0.15) is 0 Å². The summed E-state index contributed by atoms with van der Waals surface area (Å²) in [6.07, 6.45) is 3.58. The van der Waals surface area contributed by atoms with Gasteiger partial charge in [-0.3, -0.25) is 9.80 Å². The van der Waals surface area contributed by atoms with Gasteiger partial charge in [0, 0.05) is 45.2 Å². The van der Waals surface area contributed by atoms with Crippen LogP contribution in [0, 0.1) is 0 Å². The van der Waals surface area contributed by atoms with Crippen molar-refractivity contribution in [3.05, 3.63) is 11.7 Å². The fourth-order valence-electron chi connectivity index (χ4n) is 3.24. The Morgan fingerprint density at radius 3 is 2.86 bits per heavy atom. The summed E-state index contributed by atoms with van der Waals surface area (Å²) < 4.78 is 10.7. The molecule has 6 nitrogen and oxygen atoms in total. The van der Waals surface area contributed by atoms with Crippen molar-refractivity contribution < 1.29 is 9.26 Å². The third-order valence-electron chi connectivity index (χ3n) is 5.00. The van der Waals surface area contributed by atoms with Gasteiger partial charge in [-0.05, 0) is 26.2 Å². The average Bonchev–Trinajstić information content (AvgIpc) is 3.29. The molecular weight excluding hydrogens is 280 g/mol. The van der Waals surface area contributed by atoms with E-state index < -0.39 is 0 Å². The van der Waals surface area contributed by atoms with Crippen molar-refractivity contribution >= 4 is 0 Å². The molecule has 1 aliphatic carbocycles. The molecule has 1 saturated heterocycles. The zero-order valence-corrected chi connectivity index (χ0v) is 14.0. The number of piperazine rings is 1. The Bertz CT molecular complexity index is 474. The van der Waals surface area contributed by atoms with Crippen LogP contribution in [0.1, 0.15) is 56.8 Å². The number of aromatic nitrogens is 2. The molecule has 6 heteroatoms. The maximum atomic E-state index is 5.51. The van der Waals surface area contributed by atoms with Crippen molar-refractivity contribution in [2.24, 2.45) is 0 Å². The molecule has 0 unspecified atom stereocenters. The van der Waals surface area contributed by atoms with Crippen molar-refractivity contribution in [2.45, 2.75) is 51.1 Å². The normalized spacial score (nSPS) is 25.5. The zero-order valence-electron chi connectivity index (χ0n) is 14.0. The van der Waals surface area contributed by atoms with E-state index in [0.29, 0.717) is 12.0 Å². The molecule has 3 rings (SSSR count). The summed E-state index contributed by atoms with van der Waals surface area (Å²) in [6.45, 7) is 9.45. The molecule has 2 atom stereocenters. The monoisotopic (exact) mass is 308 g/mol. The van der Waals surface area contributed by atoms with Crippen LogP contribution in [0.25, 0.3) is 0 Å². The van der Waals surface area contributed by atoms with Crippen LogP contribution in [0.2, 0.25) is 0 Å². The van der Waals surface area contributed by atoms with E-state index in [1.165, 1.54) is 12.8 Å². The maximum Gasteiger partial charge on any atom is 0.243 e. The topological polar surface area (TPSA) is 54.6 Å². The van der Waals surface area contributed by atoms with Crippen molar-refractivity contribution in [2.75, 3.05) is 39.9 Å². The highest BCUT2D eigenvalue weighted by Gasteiger charge is 2.33. The lowest BCUT2D eigenvalue weighted by molar-refractivity contribution is 0.0267. The van der Waals surface area contributed by atoms with Crippen LogP contribution in [0.5, 0.6) is 0 Å². The smallest absolute Gasteiger partial charge is 0.243 e. The van der Waals surface area contributed by atoms with Crippen molar-refractivity contribution in [1.82, 2.24) is 19.9 Å². The fraction of sp³-hybridized carbons (Fsp3) is 0.875. The van der Waals surface area contributed by atoms with Gasteiger partial charge < -0.3 is 9.26 Å². The van der Waals surface area contributed by atoms with Gasteiger partial charge in [0.15, 0.2) is 5.82 Å². The summed E-state index contributed by atoms with van der Waals surface area (Å²) in [4.78, 5) is 9.63. The Morgan fingerprint density at radius 2 is 2.18 bits per heavy atom. The molecule has 0 amide bonds. The first-order chi connectivity index (χ1) is 10.7. The lowest BCUT2D eigenvalue weighted by Crippen LogP contribution is -2.54. The predicted octanol–water partition coefficient (Wildman–Crippen LogP) is 2.05. The predicted molar refractivity (Wildman–Crippen MR) is 83.8 cm³/mol. The van der Waals surface area contributed by atoms with Gasteiger partial charge in [0.25, 0.3) is 0 Å². The molecular formula is C16H28N4O2. The van der Waals surface area contributed by atoms with E-state index in [1.807, 2.05) is 0 Å². The van der Waals surface area contributed by atoms with Crippen LogP contribution in [0.3, 0.4) is 0 Å². The molecule has 1 aromatic rings. The van der Waals surface area contributed by atoms with Gasteiger partial charge in [-0.1, -0.05) is 12.1 Å². The second-order valence-electron chi connectivity index (χ2n) is 6.53. The Labute approximate surface area is 132 Å². The summed E-state index contributed by atoms with van der Waals surface area (Å²) >= 11 is 0. The number of rotatable bonds is 7. The number of nitrogens with zero attached hydrogens (tertiary/aromatic N) is 4. The number of ether oxygens (including phenoxy) is 1. The van der Waals surface area contributed by atoms with E-state index in [9.17, 15) is 0 Å². The summed E-state index contributed by atoms with van der Waals surface area (Å²) in [6, 6.07) is 0.788. The molecule has 0 N–H and O–H groups in total. The summed E-state index contributed by atoms with van der Waals surface area (Å²) in [5.41, 5.74) is 0. The second kappa shape index (κ2) is 7.06. The minimum atomic E-state index is 0.207. The van der Waals surface area contributed by atoms with Crippen LogP contribution >= 0.6 is 0 Å². The SMILES string of the molecule is CC[C@H]1CN([C@H](C)c2nc(C3CC3)no2)CCN1CCOC. The Balaban J connectivity index is 1.59. The third kappa shape index (κ3) is 3.50. The van der Waals surface area contributed by atoms with Crippen LogP contribution in [0.4, 0.5) is 0 Å². The molecule has 0 spiro atoms. The van der Waals surface area contributed by atoms with E-state index in [-0.39, 0.29) is 6.04 Å². The number of methoxy groups -OCH3 is 1. The van der Waals surface area contributed by atoms with Gasteiger partial charge in [0.2, 0.25) is 5.89 Å². The minimum absolute atomic E-state index is 0.207. The van der Waals surface area contributed by atoms with E-state index >= 15 is 0 Å². The van der Waals surface area contributed by atoms with E-state index in [4.69, 9.17) is 9.26 Å². The fourth-order valence-corrected chi connectivity index (χ4v) is 3.24. The molecule has 0 aromatic carbocycles. The van der Waals surface area contributed by atoms with Gasteiger partial charge in [-0.2, -0.15) is 4.98 Å². The molecule has 2 fully saturated rings. The molecule has 2 aliphatic rings. The largest absolute Gasteiger partial charge is 0.383 e. The molecule has 0 bridgehead atoms. The lowest BCUT2D eigenvalue weighted by Gasteiger charge is -2.42.